The summed E-state index contributed by atoms with van der Waals surface area (Å²) in [6, 6.07) is 10.1. The Balaban J connectivity index is 1.35. The van der Waals surface area contributed by atoms with E-state index in [9.17, 15) is 0 Å². The Bertz CT molecular complexity index is 493. The topological polar surface area (TPSA) is 36.1 Å². The van der Waals surface area contributed by atoms with Crippen molar-refractivity contribution in [3.8, 4) is 0 Å². The maximum Gasteiger partial charge on any atom is 0.185 e. The fourth-order valence-corrected chi connectivity index (χ4v) is 5.31. The molecule has 0 spiro atoms. The van der Waals surface area contributed by atoms with E-state index >= 15 is 0 Å². The molecule has 0 aliphatic heterocycles. The molecule has 0 unspecified atom stereocenters. The number of anilines is 1. The van der Waals surface area contributed by atoms with Gasteiger partial charge in [0.2, 0.25) is 0 Å². The highest BCUT2D eigenvalue weighted by atomic mass is 32.1. The first kappa shape index (κ1) is 13.5. The quantitative estimate of drug-likeness (QED) is 0.590. The molecule has 0 radical (unpaired) electrons. The lowest BCUT2D eigenvalue weighted by molar-refractivity contribution is -0.0232. The summed E-state index contributed by atoms with van der Waals surface area (Å²) in [6.45, 7) is 0. The molecule has 4 heteroatoms. The van der Waals surface area contributed by atoms with Crippen LogP contribution in [0.1, 0.15) is 38.5 Å². The van der Waals surface area contributed by atoms with Crippen molar-refractivity contribution in [2.45, 2.75) is 44.1 Å². The zero-order valence-corrected chi connectivity index (χ0v) is 13.1. The first-order chi connectivity index (χ1) is 10.2. The summed E-state index contributed by atoms with van der Waals surface area (Å²) in [5.41, 5.74) is 8.17. The van der Waals surface area contributed by atoms with Crippen molar-refractivity contribution in [2.24, 2.45) is 17.8 Å². The smallest absolute Gasteiger partial charge is 0.185 e. The van der Waals surface area contributed by atoms with Crippen molar-refractivity contribution in [1.29, 1.82) is 0 Å². The molecule has 0 atom stereocenters. The zero-order chi connectivity index (χ0) is 14.3. The molecule has 3 N–H and O–H groups in total. The predicted octanol–water partition coefficient (Wildman–Crippen LogP) is 3.45. The Hall–Kier alpha value is -1.13. The molecule has 3 nitrogen and oxygen atoms in total. The molecular formula is C17H23N3S. The molecule has 0 saturated heterocycles. The normalized spacial score (nSPS) is 36.5. The standard InChI is InChI=1S/C17H23N3S/c21-16(18-15-4-2-1-3-5-15)19-20-17-9-12-6-13(10-17)8-14(7-12)11-17/h1-5,12-14,20H,6-11H2,(H2,18,19,21). The van der Waals surface area contributed by atoms with E-state index in [-0.39, 0.29) is 5.54 Å². The Morgan fingerprint density at radius 2 is 1.52 bits per heavy atom. The van der Waals surface area contributed by atoms with E-state index in [4.69, 9.17) is 12.2 Å². The molecule has 4 saturated carbocycles. The van der Waals surface area contributed by atoms with Crippen LogP contribution in [0, 0.1) is 17.8 Å². The molecule has 1 aromatic carbocycles. The van der Waals surface area contributed by atoms with Crippen molar-refractivity contribution >= 4 is 23.0 Å². The highest BCUT2D eigenvalue weighted by molar-refractivity contribution is 7.80. The van der Waals surface area contributed by atoms with Gasteiger partial charge in [0, 0.05) is 11.2 Å². The maximum absolute atomic E-state index is 5.41. The van der Waals surface area contributed by atoms with Gasteiger partial charge >= 0.3 is 0 Å². The minimum absolute atomic E-state index is 0.289. The molecule has 0 amide bonds. The number of hydrogen-bond acceptors (Lipinski definition) is 2. The lowest BCUT2D eigenvalue weighted by atomic mass is 9.53. The van der Waals surface area contributed by atoms with Gasteiger partial charge in [-0.2, -0.15) is 0 Å². The summed E-state index contributed by atoms with van der Waals surface area (Å²) < 4.78 is 0. The second-order valence-electron chi connectivity index (χ2n) is 7.27. The van der Waals surface area contributed by atoms with E-state index in [1.165, 1.54) is 38.5 Å². The van der Waals surface area contributed by atoms with Gasteiger partial charge in [0.1, 0.15) is 0 Å². The molecule has 112 valence electrons. The van der Waals surface area contributed by atoms with Gasteiger partial charge in [-0.3, -0.25) is 5.43 Å². The van der Waals surface area contributed by atoms with Crippen LogP contribution in [0.15, 0.2) is 30.3 Å². The van der Waals surface area contributed by atoms with Crippen molar-refractivity contribution in [1.82, 2.24) is 10.9 Å². The Morgan fingerprint density at radius 1 is 0.952 bits per heavy atom. The van der Waals surface area contributed by atoms with Crippen LogP contribution in [0.4, 0.5) is 5.69 Å². The number of para-hydroxylation sites is 1. The highest BCUT2D eigenvalue weighted by Gasteiger charge is 2.50. The fraction of sp³-hybridized carbons (Fsp3) is 0.588. The molecule has 5 rings (SSSR count). The second-order valence-corrected chi connectivity index (χ2v) is 7.68. The molecule has 1 aromatic rings. The average Bonchev–Trinajstić information content (AvgIpc) is 2.45. The maximum atomic E-state index is 5.41. The third-order valence-corrected chi connectivity index (χ3v) is 5.72. The summed E-state index contributed by atoms with van der Waals surface area (Å²) in [7, 11) is 0. The van der Waals surface area contributed by atoms with Crippen LogP contribution in [-0.2, 0) is 0 Å². The highest BCUT2D eigenvalue weighted by Crippen LogP contribution is 2.55. The molecule has 21 heavy (non-hydrogen) atoms. The average molecular weight is 301 g/mol. The lowest BCUT2D eigenvalue weighted by Gasteiger charge is -2.56. The van der Waals surface area contributed by atoms with Crippen molar-refractivity contribution in [2.75, 3.05) is 5.32 Å². The Labute approximate surface area is 131 Å². The van der Waals surface area contributed by atoms with Gasteiger partial charge in [0.25, 0.3) is 0 Å². The second kappa shape index (κ2) is 5.25. The van der Waals surface area contributed by atoms with Crippen LogP contribution in [0.2, 0.25) is 0 Å². The first-order valence-electron chi connectivity index (χ1n) is 8.10. The molecular weight excluding hydrogens is 278 g/mol. The van der Waals surface area contributed by atoms with Gasteiger partial charge in [-0.25, -0.2) is 5.43 Å². The summed E-state index contributed by atoms with van der Waals surface area (Å²) in [6.07, 6.45) is 8.36. The molecule has 0 aromatic heterocycles. The van der Waals surface area contributed by atoms with E-state index < -0.39 is 0 Å². The van der Waals surface area contributed by atoms with Crippen LogP contribution in [0.5, 0.6) is 0 Å². The fourth-order valence-electron chi connectivity index (χ4n) is 5.14. The molecule has 0 heterocycles. The Morgan fingerprint density at radius 3 is 2.10 bits per heavy atom. The van der Waals surface area contributed by atoms with Crippen molar-refractivity contribution < 1.29 is 0 Å². The van der Waals surface area contributed by atoms with Crippen LogP contribution >= 0.6 is 12.2 Å². The van der Waals surface area contributed by atoms with E-state index in [0.717, 1.165) is 23.4 Å². The minimum Gasteiger partial charge on any atom is -0.332 e. The number of nitrogens with one attached hydrogen (secondary N) is 3. The number of thiocarbonyl (C=S) groups is 1. The van der Waals surface area contributed by atoms with Crippen molar-refractivity contribution in [3.63, 3.8) is 0 Å². The number of rotatable bonds is 3. The summed E-state index contributed by atoms with van der Waals surface area (Å²) in [4.78, 5) is 0. The largest absolute Gasteiger partial charge is 0.332 e. The van der Waals surface area contributed by atoms with E-state index in [2.05, 4.69) is 16.2 Å². The zero-order valence-electron chi connectivity index (χ0n) is 12.3. The van der Waals surface area contributed by atoms with Gasteiger partial charge in [0.05, 0.1) is 0 Å². The van der Waals surface area contributed by atoms with Crippen molar-refractivity contribution in [3.05, 3.63) is 30.3 Å². The van der Waals surface area contributed by atoms with Gasteiger partial charge in [-0.15, -0.1) is 0 Å². The molecule has 4 fully saturated rings. The van der Waals surface area contributed by atoms with Crippen LogP contribution in [-0.4, -0.2) is 10.7 Å². The van der Waals surface area contributed by atoms with Crippen LogP contribution in [0.25, 0.3) is 0 Å². The minimum atomic E-state index is 0.289. The summed E-state index contributed by atoms with van der Waals surface area (Å²) >= 11 is 5.41. The van der Waals surface area contributed by atoms with Gasteiger partial charge < -0.3 is 5.32 Å². The van der Waals surface area contributed by atoms with E-state index in [1.807, 2.05) is 30.3 Å². The van der Waals surface area contributed by atoms with Crippen LogP contribution < -0.4 is 16.2 Å². The molecule has 4 bridgehead atoms. The third kappa shape index (κ3) is 2.79. The number of hydrazine groups is 1. The monoisotopic (exact) mass is 301 g/mol. The van der Waals surface area contributed by atoms with E-state index in [0.29, 0.717) is 5.11 Å². The SMILES string of the molecule is S=C(NNC12CC3CC(CC(C3)C1)C2)Nc1ccccc1. The first-order valence-corrected chi connectivity index (χ1v) is 8.51. The number of benzene rings is 1. The summed E-state index contributed by atoms with van der Waals surface area (Å²) in [5.74, 6) is 2.84. The Kier molecular flexibility index (Phi) is 3.38. The summed E-state index contributed by atoms with van der Waals surface area (Å²) in [5, 5.41) is 3.90. The van der Waals surface area contributed by atoms with E-state index in [1.54, 1.807) is 0 Å². The van der Waals surface area contributed by atoms with Gasteiger partial charge in [-0.1, -0.05) is 18.2 Å². The predicted molar refractivity (Wildman–Crippen MR) is 89.8 cm³/mol. The van der Waals surface area contributed by atoms with Gasteiger partial charge in [0.15, 0.2) is 5.11 Å². The van der Waals surface area contributed by atoms with Crippen LogP contribution in [0.3, 0.4) is 0 Å². The lowest BCUT2D eigenvalue weighted by Crippen LogP contribution is -2.63. The molecule has 4 aliphatic rings. The molecule has 4 aliphatic carbocycles. The third-order valence-electron chi connectivity index (χ3n) is 5.51. The number of hydrogen-bond donors (Lipinski definition) is 3. The van der Waals surface area contributed by atoms with Gasteiger partial charge in [-0.05, 0) is 80.6 Å².